The third kappa shape index (κ3) is 3.00. The molecule has 120 valence electrons. The molecule has 4 aromatic rings. The molecule has 1 N–H and O–H groups in total. The van der Waals surface area contributed by atoms with Crippen molar-refractivity contribution in [3.8, 4) is 0 Å². The van der Waals surface area contributed by atoms with E-state index in [4.69, 9.17) is 0 Å². The van der Waals surface area contributed by atoms with Gasteiger partial charge in [-0.15, -0.1) is 0 Å². The van der Waals surface area contributed by atoms with Gasteiger partial charge in [0.25, 0.3) is 5.91 Å². The minimum absolute atomic E-state index is 0.215. The highest BCUT2D eigenvalue weighted by Crippen LogP contribution is 2.19. The summed E-state index contributed by atoms with van der Waals surface area (Å²) >= 11 is 0. The largest absolute Gasteiger partial charge is 0.271 e. The van der Waals surface area contributed by atoms with Crippen molar-refractivity contribution in [1.29, 1.82) is 0 Å². The Labute approximate surface area is 145 Å². The lowest BCUT2D eigenvalue weighted by Gasteiger charge is -2.05. The highest BCUT2D eigenvalue weighted by molar-refractivity contribution is 6.07. The van der Waals surface area contributed by atoms with E-state index in [2.05, 4.69) is 22.7 Å². The fourth-order valence-electron chi connectivity index (χ4n) is 3.01. The quantitative estimate of drug-likeness (QED) is 0.428. The van der Waals surface area contributed by atoms with E-state index < -0.39 is 0 Å². The fraction of sp³-hybridized carbons (Fsp3) is 0. The van der Waals surface area contributed by atoms with Crippen LogP contribution in [0.2, 0.25) is 0 Å². The van der Waals surface area contributed by atoms with Gasteiger partial charge in [-0.1, -0.05) is 78.9 Å². The molecule has 0 saturated carbocycles. The van der Waals surface area contributed by atoms with Crippen LogP contribution in [0.5, 0.6) is 0 Å². The molecule has 0 bridgehead atoms. The smallest absolute Gasteiger partial charge is 0.267 e. The summed E-state index contributed by atoms with van der Waals surface area (Å²) in [6, 6.07) is 27.6. The van der Waals surface area contributed by atoms with Gasteiger partial charge in [-0.05, 0) is 27.6 Å². The molecule has 4 aromatic carbocycles. The van der Waals surface area contributed by atoms with Crippen molar-refractivity contribution >= 4 is 33.7 Å². The van der Waals surface area contributed by atoms with Gasteiger partial charge >= 0.3 is 0 Å². The Hall–Kier alpha value is -3.46. The number of hydrazone groups is 1. The van der Waals surface area contributed by atoms with Crippen LogP contribution in [0.3, 0.4) is 0 Å². The highest BCUT2D eigenvalue weighted by atomic mass is 16.2. The van der Waals surface area contributed by atoms with Crippen LogP contribution in [-0.4, -0.2) is 12.1 Å². The first-order valence-corrected chi connectivity index (χ1v) is 8.12. The molecule has 0 heterocycles. The van der Waals surface area contributed by atoms with Gasteiger partial charge in [0.2, 0.25) is 0 Å². The summed E-state index contributed by atoms with van der Waals surface area (Å²) in [5.41, 5.74) is 4.22. The van der Waals surface area contributed by atoms with Gasteiger partial charge in [-0.2, -0.15) is 5.10 Å². The highest BCUT2D eigenvalue weighted by Gasteiger charge is 2.08. The molecule has 0 saturated heterocycles. The third-order valence-corrected chi connectivity index (χ3v) is 4.23. The zero-order valence-corrected chi connectivity index (χ0v) is 13.5. The maximum atomic E-state index is 12.5. The van der Waals surface area contributed by atoms with Crippen molar-refractivity contribution in [1.82, 2.24) is 5.43 Å². The summed E-state index contributed by atoms with van der Waals surface area (Å²) in [7, 11) is 0. The number of rotatable bonds is 3. The number of benzene rings is 4. The van der Waals surface area contributed by atoms with Crippen LogP contribution in [0, 0.1) is 0 Å². The second-order valence-electron chi connectivity index (χ2n) is 5.79. The van der Waals surface area contributed by atoms with E-state index >= 15 is 0 Å². The lowest BCUT2D eigenvalue weighted by Crippen LogP contribution is -2.17. The number of carbonyl (C=O) groups excluding carboxylic acids is 1. The standard InChI is InChI=1S/C22H16N2O/c25-22(21-14-6-10-17-8-2-4-13-20(17)21)24-23-15-18-11-5-9-16-7-1-3-12-19(16)18/h1-15H,(H,24,25)/b23-15-. The van der Waals surface area contributed by atoms with Gasteiger partial charge < -0.3 is 0 Å². The summed E-state index contributed by atoms with van der Waals surface area (Å²) in [6.45, 7) is 0. The third-order valence-electron chi connectivity index (χ3n) is 4.23. The number of amides is 1. The number of hydrogen-bond donors (Lipinski definition) is 1. The fourth-order valence-corrected chi connectivity index (χ4v) is 3.01. The van der Waals surface area contributed by atoms with E-state index in [-0.39, 0.29) is 5.91 Å². The zero-order chi connectivity index (χ0) is 17.1. The molecule has 0 atom stereocenters. The normalized spacial score (nSPS) is 11.2. The molecule has 0 aliphatic rings. The van der Waals surface area contributed by atoms with E-state index in [0.717, 1.165) is 27.1 Å². The molecule has 0 unspecified atom stereocenters. The monoisotopic (exact) mass is 324 g/mol. The predicted octanol–water partition coefficient (Wildman–Crippen LogP) is 4.76. The summed E-state index contributed by atoms with van der Waals surface area (Å²) in [6.07, 6.45) is 1.69. The average Bonchev–Trinajstić information content (AvgIpc) is 2.67. The molecular weight excluding hydrogens is 308 g/mol. The Balaban J connectivity index is 1.60. The van der Waals surface area contributed by atoms with Gasteiger partial charge in [0.1, 0.15) is 0 Å². The molecule has 1 amide bonds. The summed E-state index contributed by atoms with van der Waals surface area (Å²) in [5, 5.41) is 8.35. The molecule has 0 spiro atoms. The number of hydrogen-bond acceptors (Lipinski definition) is 2. The van der Waals surface area contributed by atoms with Gasteiger partial charge in [0, 0.05) is 11.1 Å². The van der Waals surface area contributed by atoms with Gasteiger partial charge in [0.05, 0.1) is 6.21 Å². The molecule has 0 fully saturated rings. The van der Waals surface area contributed by atoms with Gasteiger partial charge in [-0.3, -0.25) is 4.79 Å². The maximum Gasteiger partial charge on any atom is 0.271 e. The van der Waals surface area contributed by atoms with Crippen LogP contribution in [0.15, 0.2) is 90.0 Å². The van der Waals surface area contributed by atoms with E-state index in [1.807, 2.05) is 72.8 Å². The van der Waals surface area contributed by atoms with Crippen LogP contribution < -0.4 is 5.43 Å². The Bertz CT molecular complexity index is 1090. The van der Waals surface area contributed by atoms with Crippen LogP contribution in [0.4, 0.5) is 0 Å². The van der Waals surface area contributed by atoms with Crippen LogP contribution in [0.25, 0.3) is 21.5 Å². The van der Waals surface area contributed by atoms with Crippen LogP contribution in [0.1, 0.15) is 15.9 Å². The zero-order valence-electron chi connectivity index (χ0n) is 13.5. The van der Waals surface area contributed by atoms with E-state index in [9.17, 15) is 4.79 Å². The van der Waals surface area contributed by atoms with Crippen molar-refractivity contribution in [2.45, 2.75) is 0 Å². The Morgan fingerprint density at radius 2 is 1.32 bits per heavy atom. The second-order valence-corrected chi connectivity index (χ2v) is 5.79. The van der Waals surface area contributed by atoms with Gasteiger partial charge in [-0.25, -0.2) is 5.43 Å². The Morgan fingerprint density at radius 1 is 0.720 bits per heavy atom. The van der Waals surface area contributed by atoms with Crippen molar-refractivity contribution in [2.75, 3.05) is 0 Å². The minimum atomic E-state index is -0.215. The summed E-state index contributed by atoms with van der Waals surface area (Å²) in [4.78, 5) is 12.5. The maximum absolute atomic E-state index is 12.5. The molecule has 25 heavy (non-hydrogen) atoms. The molecule has 0 aliphatic heterocycles. The van der Waals surface area contributed by atoms with E-state index in [0.29, 0.717) is 5.56 Å². The summed E-state index contributed by atoms with van der Waals surface area (Å²) in [5.74, 6) is -0.215. The molecule has 0 radical (unpaired) electrons. The van der Waals surface area contributed by atoms with Crippen molar-refractivity contribution in [3.05, 3.63) is 96.1 Å². The second kappa shape index (κ2) is 6.57. The number of fused-ring (bicyclic) bond motifs is 2. The SMILES string of the molecule is O=C(N/N=C\c1cccc2ccccc12)c1cccc2ccccc12. The average molecular weight is 324 g/mol. The molecule has 4 rings (SSSR count). The summed E-state index contributed by atoms with van der Waals surface area (Å²) < 4.78 is 0. The lowest BCUT2D eigenvalue weighted by atomic mass is 10.0. The lowest BCUT2D eigenvalue weighted by molar-refractivity contribution is 0.0957. The predicted molar refractivity (Wildman–Crippen MR) is 103 cm³/mol. The Morgan fingerprint density at radius 3 is 2.12 bits per heavy atom. The van der Waals surface area contributed by atoms with E-state index in [1.165, 1.54) is 0 Å². The first-order chi connectivity index (χ1) is 12.3. The van der Waals surface area contributed by atoms with Crippen molar-refractivity contribution in [2.24, 2.45) is 5.10 Å². The van der Waals surface area contributed by atoms with Crippen LogP contribution >= 0.6 is 0 Å². The minimum Gasteiger partial charge on any atom is -0.267 e. The molecule has 3 nitrogen and oxygen atoms in total. The number of nitrogens with zero attached hydrogens (tertiary/aromatic N) is 1. The first kappa shape index (κ1) is 15.1. The number of nitrogens with one attached hydrogen (secondary N) is 1. The van der Waals surface area contributed by atoms with Gasteiger partial charge in [0.15, 0.2) is 0 Å². The van der Waals surface area contributed by atoms with Crippen molar-refractivity contribution in [3.63, 3.8) is 0 Å². The first-order valence-electron chi connectivity index (χ1n) is 8.12. The van der Waals surface area contributed by atoms with E-state index in [1.54, 1.807) is 6.21 Å². The van der Waals surface area contributed by atoms with Crippen LogP contribution in [-0.2, 0) is 0 Å². The molecule has 3 heteroatoms. The topological polar surface area (TPSA) is 41.5 Å². The molecule has 0 aromatic heterocycles. The molecule has 0 aliphatic carbocycles. The van der Waals surface area contributed by atoms with Crippen molar-refractivity contribution < 1.29 is 4.79 Å². The molecular formula is C22H16N2O. The number of carbonyl (C=O) groups is 1. The Kier molecular flexibility index (Phi) is 3.97.